The molecule has 0 amide bonds. The van der Waals surface area contributed by atoms with Gasteiger partial charge in [-0.1, -0.05) is 12.7 Å². The molecule has 0 fully saturated rings. The summed E-state index contributed by atoms with van der Waals surface area (Å²) in [6.07, 6.45) is 5.17. The van der Waals surface area contributed by atoms with Gasteiger partial charge >= 0.3 is 0 Å². The summed E-state index contributed by atoms with van der Waals surface area (Å²) in [6.45, 7) is 5.37. The van der Waals surface area contributed by atoms with Crippen LogP contribution in [-0.2, 0) is 0 Å². The quantitative estimate of drug-likeness (QED) is 0.419. The third-order valence-corrected chi connectivity index (χ3v) is 0.573. The standard InChI is InChI=1S/C7H11N/c1-3-4-5-6-7(2)8/h3-4,6-7H,1,8H2,2H3. The van der Waals surface area contributed by atoms with Crippen LogP contribution >= 0.6 is 0 Å². The Morgan fingerprint density at radius 3 is 2.75 bits per heavy atom. The lowest BCUT2D eigenvalue weighted by atomic mass is 10.3. The molecule has 0 spiro atoms. The Morgan fingerprint density at radius 2 is 2.38 bits per heavy atom. The predicted molar refractivity (Wildman–Crippen MR) is 36.5 cm³/mol. The summed E-state index contributed by atoms with van der Waals surface area (Å²) in [7, 11) is 0. The highest BCUT2D eigenvalue weighted by atomic mass is 14.6. The van der Waals surface area contributed by atoms with Gasteiger partial charge in [0.25, 0.3) is 0 Å². The third-order valence-electron chi connectivity index (χ3n) is 0.573. The van der Waals surface area contributed by atoms with Crippen LogP contribution < -0.4 is 5.73 Å². The molecule has 1 heteroatoms. The number of rotatable bonds is 2. The Balaban J connectivity index is 3.63. The maximum atomic E-state index is 5.36. The molecule has 0 heterocycles. The van der Waals surface area contributed by atoms with Gasteiger partial charge in [-0.05, 0) is 19.1 Å². The van der Waals surface area contributed by atoms with E-state index in [0.717, 1.165) is 0 Å². The van der Waals surface area contributed by atoms with Crippen molar-refractivity contribution in [2.75, 3.05) is 0 Å². The van der Waals surface area contributed by atoms with E-state index >= 15 is 0 Å². The lowest BCUT2D eigenvalue weighted by Gasteiger charge is -1.86. The zero-order valence-corrected chi connectivity index (χ0v) is 5.09. The van der Waals surface area contributed by atoms with Crippen molar-refractivity contribution in [2.24, 2.45) is 5.73 Å². The van der Waals surface area contributed by atoms with Crippen LogP contribution in [0.2, 0.25) is 0 Å². The largest absolute Gasteiger partial charge is 0.324 e. The zero-order valence-electron chi connectivity index (χ0n) is 5.09. The van der Waals surface area contributed by atoms with Crippen molar-refractivity contribution in [3.8, 4) is 0 Å². The molecular weight excluding hydrogens is 98.1 g/mol. The van der Waals surface area contributed by atoms with Crippen LogP contribution in [0.4, 0.5) is 0 Å². The van der Waals surface area contributed by atoms with E-state index in [4.69, 9.17) is 5.73 Å². The molecule has 0 rings (SSSR count). The summed E-state index contributed by atoms with van der Waals surface area (Å²) < 4.78 is 0. The molecule has 0 aliphatic heterocycles. The minimum atomic E-state index is 0.0891. The molecule has 1 unspecified atom stereocenters. The van der Waals surface area contributed by atoms with E-state index in [2.05, 4.69) is 12.3 Å². The van der Waals surface area contributed by atoms with Crippen LogP contribution in [0.3, 0.4) is 0 Å². The molecule has 0 aliphatic rings. The van der Waals surface area contributed by atoms with Gasteiger partial charge in [-0.2, -0.15) is 0 Å². The van der Waals surface area contributed by atoms with E-state index in [9.17, 15) is 0 Å². The van der Waals surface area contributed by atoms with Gasteiger partial charge in [0.15, 0.2) is 0 Å². The van der Waals surface area contributed by atoms with Gasteiger partial charge in [-0.3, -0.25) is 0 Å². The van der Waals surface area contributed by atoms with Crippen molar-refractivity contribution in [2.45, 2.75) is 13.0 Å². The molecule has 0 saturated heterocycles. The first-order chi connectivity index (χ1) is 3.77. The maximum absolute atomic E-state index is 5.36. The van der Waals surface area contributed by atoms with Crippen molar-refractivity contribution in [1.82, 2.24) is 0 Å². The summed E-state index contributed by atoms with van der Waals surface area (Å²) >= 11 is 0. The fourth-order valence-corrected chi connectivity index (χ4v) is 0.275. The molecule has 2 N–H and O–H groups in total. The average molecular weight is 109 g/mol. The van der Waals surface area contributed by atoms with Crippen molar-refractivity contribution in [3.63, 3.8) is 0 Å². The normalized spacial score (nSPS) is 11.2. The van der Waals surface area contributed by atoms with E-state index in [1.54, 1.807) is 18.2 Å². The lowest BCUT2D eigenvalue weighted by Crippen LogP contribution is -2.09. The van der Waals surface area contributed by atoms with Gasteiger partial charge in [-0.15, -0.1) is 5.73 Å². The van der Waals surface area contributed by atoms with E-state index in [-0.39, 0.29) is 6.04 Å². The van der Waals surface area contributed by atoms with Gasteiger partial charge in [0.2, 0.25) is 0 Å². The SMILES string of the molecule is C=CC=C=CC(C)N. The number of hydrogen-bond acceptors (Lipinski definition) is 1. The van der Waals surface area contributed by atoms with Gasteiger partial charge in [-0.25, -0.2) is 0 Å². The van der Waals surface area contributed by atoms with E-state index in [1.807, 2.05) is 6.92 Å². The smallest absolute Gasteiger partial charge is 0.0270 e. The molecule has 0 aliphatic carbocycles. The summed E-state index contributed by atoms with van der Waals surface area (Å²) in [5.41, 5.74) is 8.20. The fraction of sp³-hybridized carbons (Fsp3) is 0.286. The Kier molecular flexibility index (Phi) is 3.95. The molecule has 8 heavy (non-hydrogen) atoms. The predicted octanol–water partition coefficient (Wildman–Crippen LogP) is 1.23. The summed E-state index contributed by atoms with van der Waals surface area (Å²) in [5.74, 6) is 0. The van der Waals surface area contributed by atoms with Crippen LogP contribution in [0.1, 0.15) is 6.92 Å². The summed E-state index contributed by atoms with van der Waals surface area (Å²) in [4.78, 5) is 0. The minimum absolute atomic E-state index is 0.0891. The molecular formula is C7H11N. The molecule has 0 aromatic carbocycles. The van der Waals surface area contributed by atoms with E-state index < -0.39 is 0 Å². The Bertz CT molecular complexity index is 116. The molecule has 1 nitrogen and oxygen atoms in total. The van der Waals surface area contributed by atoms with Gasteiger partial charge in [0, 0.05) is 6.04 Å². The lowest BCUT2D eigenvalue weighted by molar-refractivity contribution is 0.928. The molecule has 44 valence electrons. The van der Waals surface area contributed by atoms with Gasteiger partial charge in [0.05, 0.1) is 0 Å². The highest BCUT2D eigenvalue weighted by molar-refractivity contribution is 4.99. The maximum Gasteiger partial charge on any atom is 0.0270 e. The van der Waals surface area contributed by atoms with Crippen molar-refractivity contribution >= 4 is 0 Å². The number of nitrogens with two attached hydrogens (primary N) is 1. The highest BCUT2D eigenvalue weighted by Gasteiger charge is 1.76. The van der Waals surface area contributed by atoms with Crippen molar-refractivity contribution in [3.05, 3.63) is 30.5 Å². The molecule has 0 radical (unpaired) electrons. The third kappa shape index (κ3) is 5.22. The Morgan fingerprint density at radius 1 is 1.75 bits per heavy atom. The molecule has 1 atom stereocenters. The first kappa shape index (κ1) is 7.22. The highest BCUT2D eigenvalue weighted by Crippen LogP contribution is 1.74. The monoisotopic (exact) mass is 109 g/mol. The summed E-state index contributed by atoms with van der Waals surface area (Å²) in [6, 6.07) is 0.0891. The zero-order chi connectivity index (χ0) is 6.41. The Hall–Kier alpha value is -0.780. The number of hydrogen-bond donors (Lipinski definition) is 1. The number of allylic oxidation sites excluding steroid dienone is 1. The molecule has 0 saturated carbocycles. The van der Waals surface area contributed by atoms with Crippen LogP contribution in [-0.4, -0.2) is 6.04 Å². The second-order valence-electron chi connectivity index (χ2n) is 1.59. The second-order valence-corrected chi connectivity index (χ2v) is 1.59. The first-order valence-electron chi connectivity index (χ1n) is 2.56. The molecule has 0 bridgehead atoms. The van der Waals surface area contributed by atoms with Crippen LogP contribution in [0.15, 0.2) is 30.5 Å². The van der Waals surface area contributed by atoms with Gasteiger partial charge in [0.1, 0.15) is 0 Å². The van der Waals surface area contributed by atoms with Gasteiger partial charge < -0.3 is 5.73 Å². The topological polar surface area (TPSA) is 26.0 Å². The first-order valence-corrected chi connectivity index (χ1v) is 2.56. The van der Waals surface area contributed by atoms with E-state index in [0.29, 0.717) is 0 Å². The fourth-order valence-electron chi connectivity index (χ4n) is 0.275. The molecule has 0 aromatic heterocycles. The van der Waals surface area contributed by atoms with Crippen LogP contribution in [0, 0.1) is 0 Å². The van der Waals surface area contributed by atoms with Crippen molar-refractivity contribution < 1.29 is 0 Å². The van der Waals surface area contributed by atoms with Crippen molar-refractivity contribution in [1.29, 1.82) is 0 Å². The average Bonchev–Trinajstić information content (AvgIpc) is 1.66. The van der Waals surface area contributed by atoms with Crippen LogP contribution in [0.5, 0.6) is 0 Å². The van der Waals surface area contributed by atoms with E-state index in [1.165, 1.54) is 0 Å². The Labute approximate surface area is 50.2 Å². The second kappa shape index (κ2) is 4.38. The molecule has 0 aromatic rings. The minimum Gasteiger partial charge on any atom is -0.324 e. The summed E-state index contributed by atoms with van der Waals surface area (Å²) in [5, 5.41) is 0. The van der Waals surface area contributed by atoms with Crippen LogP contribution in [0.25, 0.3) is 0 Å².